The Morgan fingerprint density at radius 1 is 1.24 bits per heavy atom. The van der Waals surface area contributed by atoms with Crippen LogP contribution in [0.3, 0.4) is 0 Å². The van der Waals surface area contributed by atoms with Crippen LogP contribution in [0.5, 0.6) is 0 Å². The predicted molar refractivity (Wildman–Crippen MR) is 122 cm³/mol. The number of nitrogens with one attached hydrogen (secondary N) is 1. The van der Waals surface area contributed by atoms with Crippen molar-refractivity contribution in [1.82, 2.24) is 23.6 Å². The third-order valence-electron chi connectivity index (χ3n) is 7.03. The highest BCUT2D eigenvalue weighted by atomic mass is 32.2. The zero-order valence-electron chi connectivity index (χ0n) is 18.2. The summed E-state index contributed by atoms with van der Waals surface area (Å²) in [5.41, 5.74) is 0.239. The first-order valence-corrected chi connectivity index (χ1v) is 14.3. The van der Waals surface area contributed by atoms with E-state index in [9.17, 15) is 22.1 Å². The van der Waals surface area contributed by atoms with E-state index in [1.807, 2.05) is 18.3 Å². The van der Waals surface area contributed by atoms with Gasteiger partial charge in [-0.3, -0.25) is 0 Å². The number of fused-ring (bicyclic) bond motifs is 1. The number of anilines is 1. The van der Waals surface area contributed by atoms with Crippen LogP contribution < -0.4 is 4.90 Å². The van der Waals surface area contributed by atoms with Gasteiger partial charge in [-0.2, -0.15) is 22.3 Å². The Morgan fingerprint density at radius 3 is 2.70 bits per heavy atom. The lowest BCUT2D eigenvalue weighted by Crippen LogP contribution is -2.60. The molecule has 0 amide bonds. The van der Waals surface area contributed by atoms with Crippen molar-refractivity contribution in [3.63, 3.8) is 0 Å². The van der Waals surface area contributed by atoms with E-state index in [1.165, 1.54) is 10.6 Å². The van der Waals surface area contributed by atoms with Gasteiger partial charge in [-0.1, -0.05) is 0 Å². The number of aromatic amines is 1. The average Bonchev–Trinajstić information content (AvgIpc) is 3.35. The van der Waals surface area contributed by atoms with Crippen LogP contribution in [-0.4, -0.2) is 90.2 Å². The molecule has 2 aromatic heterocycles. The van der Waals surface area contributed by atoms with Gasteiger partial charge in [0.15, 0.2) is 0 Å². The van der Waals surface area contributed by atoms with Crippen molar-refractivity contribution in [1.29, 1.82) is 5.26 Å². The Kier molecular flexibility index (Phi) is 5.59. The fraction of sp³-hybridized carbons (Fsp3) is 0.650. The number of hydrogen-bond acceptors (Lipinski definition) is 8. The minimum Gasteiger partial charge on any atom is -0.353 e. The first-order chi connectivity index (χ1) is 15.7. The van der Waals surface area contributed by atoms with Crippen molar-refractivity contribution >= 4 is 36.9 Å². The van der Waals surface area contributed by atoms with E-state index in [1.54, 1.807) is 4.31 Å². The van der Waals surface area contributed by atoms with Crippen LogP contribution in [-0.2, 0) is 20.0 Å². The summed E-state index contributed by atoms with van der Waals surface area (Å²) in [5.74, 6) is 0.887. The van der Waals surface area contributed by atoms with Crippen LogP contribution in [0, 0.1) is 17.2 Å². The number of piperazine rings is 1. The van der Waals surface area contributed by atoms with Gasteiger partial charge in [-0.15, -0.1) is 0 Å². The molecule has 1 aliphatic carbocycles. The van der Waals surface area contributed by atoms with E-state index in [4.69, 9.17) is 0 Å². The minimum atomic E-state index is -3.87. The monoisotopic (exact) mass is 493 g/mol. The highest BCUT2D eigenvalue weighted by Gasteiger charge is 2.57. The molecule has 0 radical (unpaired) electrons. The van der Waals surface area contributed by atoms with Crippen molar-refractivity contribution in [3.05, 3.63) is 18.6 Å². The van der Waals surface area contributed by atoms with Crippen LogP contribution >= 0.6 is 0 Å². The van der Waals surface area contributed by atoms with Crippen LogP contribution in [0.4, 0.5) is 5.82 Å². The van der Waals surface area contributed by atoms with Crippen LogP contribution in [0.1, 0.15) is 25.7 Å². The average molecular weight is 494 g/mol. The molecule has 2 aliphatic heterocycles. The van der Waals surface area contributed by atoms with E-state index < -0.39 is 25.6 Å². The van der Waals surface area contributed by atoms with Crippen molar-refractivity contribution in [2.45, 2.75) is 31.2 Å². The summed E-state index contributed by atoms with van der Waals surface area (Å²) in [4.78, 5) is 13.9. The number of aromatic nitrogens is 3. The topological polar surface area (TPSA) is 143 Å². The van der Waals surface area contributed by atoms with E-state index in [-0.39, 0.29) is 30.5 Å². The fourth-order valence-corrected chi connectivity index (χ4v) is 8.56. The minimum absolute atomic E-state index is 0.0593. The summed E-state index contributed by atoms with van der Waals surface area (Å²) in [6, 6.07) is 3.91. The number of nitrogens with zero attached hydrogens (tertiary/aromatic N) is 6. The number of rotatable bonds is 6. The molecule has 3 aliphatic rings. The maximum atomic E-state index is 13.7. The maximum absolute atomic E-state index is 13.7. The van der Waals surface area contributed by atoms with E-state index >= 15 is 0 Å². The molecule has 5 rings (SSSR count). The van der Waals surface area contributed by atoms with Gasteiger partial charge in [-0.25, -0.2) is 18.4 Å². The Hall–Kier alpha value is -2.27. The number of hydrogen-bond donors (Lipinski definition) is 1. The van der Waals surface area contributed by atoms with Crippen molar-refractivity contribution < 1.29 is 16.8 Å². The zero-order chi connectivity index (χ0) is 23.3. The number of nitriles is 1. The van der Waals surface area contributed by atoms with E-state index in [0.29, 0.717) is 32.5 Å². The lowest BCUT2D eigenvalue weighted by atomic mass is 10.0. The molecule has 178 valence electrons. The summed E-state index contributed by atoms with van der Waals surface area (Å²) in [6.45, 7) is 1.26. The van der Waals surface area contributed by atoms with Crippen LogP contribution in [0.2, 0.25) is 0 Å². The number of H-pyrrole nitrogens is 1. The van der Waals surface area contributed by atoms with E-state index in [2.05, 4.69) is 19.9 Å². The summed E-state index contributed by atoms with van der Waals surface area (Å²) < 4.78 is 53.7. The SMILES string of the molecule is N#CCN(CC1CCS(=O)(=O)CC1)S(=O)(=O)N1CCN(c2ncnc3[nH]ccc23)CC12CC2. The first kappa shape index (κ1) is 22.5. The zero-order valence-corrected chi connectivity index (χ0v) is 19.9. The normalized spacial score (nSPS) is 23.2. The molecule has 0 unspecified atom stereocenters. The summed E-state index contributed by atoms with van der Waals surface area (Å²) in [6.07, 6.45) is 5.69. The largest absolute Gasteiger partial charge is 0.353 e. The van der Waals surface area contributed by atoms with Gasteiger partial charge in [0, 0.05) is 32.4 Å². The molecular formula is C20H27N7O4S2. The van der Waals surface area contributed by atoms with Crippen molar-refractivity contribution in [2.24, 2.45) is 5.92 Å². The van der Waals surface area contributed by atoms with Gasteiger partial charge >= 0.3 is 0 Å². The van der Waals surface area contributed by atoms with Crippen molar-refractivity contribution in [3.8, 4) is 6.07 Å². The second-order valence-corrected chi connectivity index (χ2v) is 13.4. The Bertz CT molecular complexity index is 1280. The molecule has 1 saturated carbocycles. The Labute approximate surface area is 193 Å². The predicted octanol–water partition coefficient (Wildman–Crippen LogP) is 0.508. The molecule has 11 nitrogen and oxygen atoms in total. The molecule has 4 heterocycles. The molecule has 1 spiro atoms. The highest BCUT2D eigenvalue weighted by molar-refractivity contribution is 7.91. The summed E-state index contributed by atoms with van der Waals surface area (Å²) in [5, 5.41) is 10.2. The fourth-order valence-electron chi connectivity index (χ4n) is 5.03. The Morgan fingerprint density at radius 2 is 2.00 bits per heavy atom. The van der Waals surface area contributed by atoms with Gasteiger partial charge in [0.05, 0.1) is 28.5 Å². The Balaban J connectivity index is 1.35. The molecule has 0 aromatic carbocycles. The summed E-state index contributed by atoms with van der Waals surface area (Å²) >= 11 is 0. The van der Waals surface area contributed by atoms with Gasteiger partial charge in [0.25, 0.3) is 10.2 Å². The number of sulfone groups is 1. The molecule has 1 N–H and O–H groups in total. The standard InChI is InChI=1S/C20H27N7O4S2/c21-6-8-26(13-16-2-11-32(28,29)12-3-16)33(30,31)27-10-9-25(14-20(27)4-5-20)19-17-1-7-22-18(17)23-15-24-19/h1,7,15-16H,2-5,8-14H2,(H,22,23,24). The molecule has 0 atom stereocenters. The van der Waals surface area contributed by atoms with Crippen LogP contribution in [0.15, 0.2) is 18.6 Å². The van der Waals surface area contributed by atoms with Gasteiger partial charge in [0.2, 0.25) is 0 Å². The first-order valence-electron chi connectivity index (χ1n) is 11.1. The molecule has 2 aromatic rings. The quantitative estimate of drug-likeness (QED) is 0.573. The van der Waals surface area contributed by atoms with Gasteiger partial charge in [-0.05, 0) is 37.7 Å². The van der Waals surface area contributed by atoms with E-state index in [0.717, 1.165) is 29.7 Å². The van der Waals surface area contributed by atoms with Crippen LogP contribution in [0.25, 0.3) is 11.0 Å². The summed E-state index contributed by atoms with van der Waals surface area (Å²) in [7, 11) is -6.90. The van der Waals surface area contributed by atoms with Gasteiger partial charge in [0.1, 0.15) is 34.2 Å². The third kappa shape index (κ3) is 4.21. The second kappa shape index (κ2) is 8.19. The third-order valence-corrected chi connectivity index (χ3v) is 10.8. The molecular weight excluding hydrogens is 466 g/mol. The maximum Gasteiger partial charge on any atom is 0.283 e. The van der Waals surface area contributed by atoms with Crippen molar-refractivity contribution in [2.75, 3.05) is 49.1 Å². The molecule has 0 bridgehead atoms. The molecule has 13 heteroatoms. The lowest BCUT2D eigenvalue weighted by molar-refractivity contribution is 0.239. The smallest absolute Gasteiger partial charge is 0.283 e. The second-order valence-electron chi connectivity index (χ2n) is 9.21. The molecule has 33 heavy (non-hydrogen) atoms. The lowest BCUT2D eigenvalue weighted by Gasteiger charge is -2.43. The highest BCUT2D eigenvalue weighted by Crippen LogP contribution is 2.47. The van der Waals surface area contributed by atoms with Gasteiger partial charge < -0.3 is 9.88 Å². The molecule has 2 saturated heterocycles. The molecule has 3 fully saturated rings.